The van der Waals surface area contributed by atoms with Gasteiger partial charge in [0.25, 0.3) is 0 Å². The second-order valence-electron chi connectivity index (χ2n) is 4.98. The first-order chi connectivity index (χ1) is 10.2. The normalized spacial score (nSPS) is 12.1. The van der Waals surface area contributed by atoms with Crippen molar-refractivity contribution in [2.75, 3.05) is 6.54 Å². The van der Waals surface area contributed by atoms with Gasteiger partial charge in [0.05, 0.1) is 17.4 Å². The van der Waals surface area contributed by atoms with E-state index in [-0.39, 0.29) is 11.9 Å². The van der Waals surface area contributed by atoms with Crippen molar-refractivity contribution < 1.29 is 4.79 Å². The fraction of sp³-hybridized carbons (Fsp3) is 0.375. The first kappa shape index (κ1) is 15.3. The predicted molar refractivity (Wildman–Crippen MR) is 83.2 cm³/mol. The highest BCUT2D eigenvalue weighted by atomic mass is 16.2. The maximum atomic E-state index is 11.8. The van der Waals surface area contributed by atoms with E-state index in [9.17, 15) is 4.79 Å². The Bertz CT molecular complexity index is 565. The van der Waals surface area contributed by atoms with Gasteiger partial charge in [0.15, 0.2) is 0 Å². The van der Waals surface area contributed by atoms with Crippen LogP contribution >= 0.6 is 0 Å². The molecule has 2 rings (SSSR count). The topological polar surface area (TPSA) is 59.0 Å². The molecule has 1 aromatic heterocycles. The van der Waals surface area contributed by atoms with Crippen molar-refractivity contribution in [2.45, 2.75) is 32.9 Å². The van der Waals surface area contributed by atoms with Crippen LogP contribution in [-0.4, -0.2) is 28.3 Å². The standard InChI is InChI=1S/C16H22N4O/c1-3-10-17-16(21)13(2)18-12-14-9-11-20(19-14)15-7-5-4-6-8-15/h4-9,11,13,18H,3,10,12H2,1-2H3,(H,17,21). The van der Waals surface area contributed by atoms with Gasteiger partial charge in [-0.1, -0.05) is 25.1 Å². The van der Waals surface area contributed by atoms with E-state index >= 15 is 0 Å². The average molecular weight is 286 g/mol. The first-order valence-electron chi connectivity index (χ1n) is 7.31. The fourth-order valence-electron chi connectivity index (χ4n) is 1.93. The fourth-order valence-corrected chi connectivity index (χ4v) is 1.93. The summed E-state index contributed by atoms with van der Waals surface area (Å²) in [7, 11) is 0. The Morgan fingerprint density at radius 3 is 2.76 bits per heavy atom. The first-order valence-corrected chi connectivity index (χ1v) is 7.31. The van der Waals surface area contributed by atoms with Crippen LogP contribution < -0.4 is 10.6 Å². The number of hydrogen-bond donors (Lipinski definition) is 2. The van der Waals surface area contributed by atoms with Crippen molar-refractivity contribution in [2.24, 2.45) is 0 Å². The largest absolute Gasteiger partial charge is 0.355 e. The molecule has 1 unspecified atom stereocenters. The Labute approximate surface area is 125 Å². The Balaban J connectivity index is 1.87. The summed E-state index contributed by atoms with van der Waals surface area (Å²) in [6.45, 7) is 5.18. The number of carbonyl (C=O) groups excluding carboxylic acids is 1. The molecule has 5 nitrogen and oxygen atoms in total. The molecule has 0 aliphatic heterocycles. The van der Waals surface area contributed by atoms with E-state index in [1.165, 1.54) is 0 Å². The van der Waals surface area contributed by atoms with Gasteiger partial charge in [-0.15, -0.1) is 0 Å². The van der Waals surface area contributed by atoms with Gasteiger partial charge in [-0.3, -0.25) is 4.79 Å². The van der Waals surface area contributed by atoms with Crippen molar-refractivity contribution in [1.29, 1.82) is 0 Å². The lowest BCUT2D eigenvalue weighted by atomic mass is 10.3. The third kappa shape index (κ3) is 4.43. The molecule has 0 aliphatic carbocycles. The molecule has 0 aliphatic rings. The van der Waals surface area contributed by atoms with E-state index in [2.05, 4.69) is 15.7 Å². The van der Waals surface area contributed by atoms with Gasteiger partial charge in [0.1, 0.15) is 0 Å². The smallest absolute Gasteiger partial charge is 0.236 e. The van der Waals surface area contributed by atoms with Crippen LogP contribution in [0.3, 0.4) is 0 Å². The van der Waals surface area contributed by atoms with Gasteiger partial charge in [0.2, 0.25) is 5.91 Å². The Kier molecular flexibility index (Phi) is 5.51. The van der Waals surface area contributed by atoms with Gasteiger partial charge in [-0.25, -0.2) is 4.68 Å². The van der Waals surface area contributed by atoms with E-state index in [0.717, 1.165) is 17.8 Å². The molecule has 0 bridgehead atoms. The van der Waals surface area contributed by atoms with E-state index in [4.69, 9.17) is 0 Å². The summed E-state index contributed by atoms with van der Waals surface area (Å²) in [4.78, 5) is 11.8. The number of aromatic nitrogens is 2. The highest BCUT2D eigenvalue weighted by Crippen LogP contribution is 2.06. The number of rotatable bonds is 7. The summed E-state index contributed by atoms with van der Waals surface area (Å²) in [5, 5.41) is 10.6. The molecule has 0 saturated carbocycles. The molecule has 21 heavy (non-hydrogen) atoms. The van der Waals surface area contributed by atoms with Crippen molar-refractivity contribution >= 4 is 5.91 Å². The van der Waals surface area contributed by atoms with Crippen LogP contribution in [0.4, 0.5) is 0 Å². The highest BCUT2D eigenvalue weighted by Gasteiger charge is 2.11. The minimum absolute atomic E-state index is 0.0272. The molecule has 0 radical (unpaired) electrons. The SMILES string of the molecule is CCCNC(=O)C(C)NCc1ccn(-c2ccccc2)n1. The molecule has 0 spiro atoms. The van der Waals surface area contributed by atoms with Crippen LogP contribution in [-0.2, 0) is 11.3 Å². The van der Waals surface area contributed by atoms with Crippen molar-refractivity contribution in [3.63, 3.8) is 0 Å². The van der Waals surface area contributed by atoms with Crippen LogP contribution in [0, 0.1) is 0 Å². The summed E-state index contributed by atoms with van der Waals surface area (Å²) < 4.78 is 1.83. The zero-order valence-corrected chi connectivity index (χ0v) is 12.5. The molecule has 112 valence electrons. The Hall–Kier alpha value is -2.14. The summed E-state index contributed by atoms with van der Waals surface area (Å²) in [6, 6.07) is 11.7. The third-order valence-electron chi connectivity index (χ3n) is 3.20. The Morgan fingerprint density at radius 1 is 1.29 bits per heavy atom. The van der Waals surface area contributed by atoms with Crippen LogP contribution in [0.25, 0.3) is 5.69 Å². The van der Waals surface area contributed by atoms with Gasteiger partial charge in [-0.05, 0) is 31.5 Å². The minimum Gasteiger partial charge on any atom is -0.355 e. The number of carbonyl (C=O) groups is 1. The maximum Gasteiger partial charge on any atom is 0.236 e. The van der Waals surface area contributed by atoms with Gasteiger partial charge in [-0.2, -0.15) is 5.10 Å². The molecule has 1 aromatic carbocycles. The molecular weight excluding hydrogens is 264 g/mol. The molecule has 1 heterocycles. The summed E-state index contributed by atoms with van der Waals surface area (Å²) in [5.74, 6) is 0.0272. The molecule has 2 aromatic rings. The lowest BCUT2D eigenvalue weighted by Crippen LogP contribution is -2.42. The van der Waals surface area contributed by atoms with E-state index in [1.54, 1.807) is 0 Å². The second-order valence-corrected chi connectivity index (χ2v) is 4.98. The van der Waals surface area contributed by atoms with Crippen molar-refractivity contribution in [3.05, 3.63) is 48.3 Å². The minimum atomic E-state index is -0.224. The molecule has 1 amide bonds. The van der Waals surface area contributed by atoms with Crippen LogP contribution in [0.15, 0.2) is 42.6 Å². The van der Waals surface area contributed by atoms with E-state index < -0.39 is 0 Å². The molecule has 0 fully saturated rings. The monoisotopic (exact) mass is 286 g/mol. The molecular formula is C16H22N4O. The van der Waals surface area contributed by atoms with Gasteiger partial charge in [0, 0.05) is 19.3 Å². The van der Waals surface area contributed by atoms with Crippen LogP contribution in [0.5, 0.6) is 0 Å². The molecule has 1 atom stereocenters. The Morgan fingerprint density at radius 2 is 2.05 bits per heavy atom. The predicted octanol–water partition coefficient (Wildman–Crippen LogP) is 1.88. The number of para-hydroxylation sites is 1. The van der Waals surface area contributed by atoms with Crippen LogP contribution in [0.2, 0.25) is 0 Å². The lowest BCUT2D eigenvalue weighted by Gasteiger charge is -2.12. The molecule has 5 heteroatoms. The molecule has 0 saturated heterocycles. The molecule has 2 N–H and O–H groups in total. The number of nitrogens with zero attached hydrogens (tertiary/aromatic N) is 2. The van der Waals surface area contributed by atoms with Gasteiger partial charge < -0.3 is 10.6 Å². The number of nitrogens with one attached hydrogen (secondary N) is 2. The zero-order valence-electron chi connectivity index (χ0n) is 12.5. The quantitative estimate of drug-likeness (QED) is 0.817. The number of benzene rings is 1. The van der Waals surface area contributed by atoms with E-state index in [1.807, 2.05) is 61.1 Å². The maximum absolute atomic E-state index is 11.8. The van der Waals surface area contributed by atoms with Gasteiger partial charge >= 0.3 is 0 Å². The summed E-state index contributed by atoms with van der Waals surface area (Å²) >= 11 is 0. The van der Waals surface area contributed by atoms with E-state index in [0.29, 0.717) is 13.1 Å². The number of hydrogen-bond acceptors (Lipinski definition) is 3. The van der Waals surface area contributed by atoms with Crippen molar-refractivity contribution in [1.82, 2.24) is 20.4 Å². The number of amides is 1. The van der Waals surface area contributed by atoms with Crippen molar-refractivity contribution in [3.8, 4) is 5.69 Å². The average Bonchev–Trinajstić information content (AvgIpc) is 3.00. The second kappa shape index (κ2) is 7.59. The highest BCUT2D eigenvalue weighted by molar-refractivity contribution is 5.81. The third-order valence-corrected chi connectivity index (χ3v) is 3.20. The zero-order chi connectivity index (χ0) is 15.1. The summed E-state index contributed by atoms with van der Waals surface area (Å²) in [5.41, 5.74) is 1.94. The van der Waals surface area contributed by atoms with Crippen LogP contribution in [0.1, 0.15) is 26.0 Å². The lowest BCUT2D eigenvalue weighted by molar-refractivity contribution is -0.122. The summed E-state index contributed by atoms with van der Waals surface area (Å²) in [6.07, 6.45) is 2.87.